The van der Waals surface area contributed by atoms with Crippen molar-refractivity contribution in [3.05, 3.63) is 91.0 Å². The van der Waals surface area contributed by atoms with Crippen LogP contribution in [0.1, 0.15) is 0 Å². The Balaban J connectivity index is 1.64. The molecule has 0 aromatic heterocycles. The van der Waals surface area contributed by atoms with Crippen molar-refractivity contribution in [3.63, 3.8) is 0 Å². The van der Waals surface area contributed by atoms with Gasteiger partial charge in [0.25, 0.3) is 0 Å². The molecule has 1 heterocycles. The Kier molecular flexibility index (Phi) is 6.91. The van der Waals surface area contributed by atoms with Crippen LogP contribution in [0.5, 0.6) is 17.2 Å². The number of halogens is 3. The van der Waals surface area contributed by atoms with Crippen LogP contribution in [-0.2, 0) is 0 Å². The fourth-order valence-corrected chi connectivity index (χ4v) is 22.1. The van der Waals surface area contributed by atoms with Gasteiger partial charge in [-0.25, -0.2) is 0 Å². The summed E-state index contributed by atoms with van der Waals surface area (Å²) in [6, 6.07) is 27.6. The predicted octanol–water partition coefficient (Wildman–Crippen LogP) is 6.95. The van der Waals surface area contributed by atoms with Crippen LogP contribution in [0.15, 0.2) is 91.0 Å². The molecule has 1 aliphatic heterocycles. The molecule has 0 saturated carbocycles. The molecular formula is C18H21Cl3N3O3P3. The molecule has 1 saturated heterocycles. The summed E-state index contributed by atoms with van der Waals surface area (Å²) in [6.45, 7) is 0. The van der Waals surface area contributed by atoms with Gasteiger partial charge in [0.15, 0.2) is 0 Å². The zero-order valence-corrected chi connectivity index (χ0v) is 20.8. The predicted molar refractivity (Wildman–Crippen MR) is 133 cm³/mol. The van der Waals surface area contributed by atoms with Crippen molar-refractivity contribution >= 4 is 55.2 Å². The average Bonchev–Trinajstić information content (AvgIpc) is 2.68. The number of hydrogen-bond acceptors (Lipinski definition) is 6. The fourth-order valence-electron chi connectivity index (χ4n) is 2.82. The van der Waals surface area contributed by atoms with Gasteiger partial charge in [0.05, 0.1) is 0 Å². The van der Waals surface area contributed by atoms with Crippen molar-refractivity contribution < 1.29 is 13.6 Å². The van der Waals surface area contributed by atoms with Crippen molar-refractivity contribution in [1.29, 1.82) is 0 Å². The average molecular weight is 527 g/mol. The SMILES string of the molecule is Cl[PH]1(Oc2ccccc2)N[PH](Cl)(Oc2ccccc2)N[PH](Cl)(Oc2ccccc2)N1. The second-order valence-electron chi connectivity index (χ2n) is 6.41. The molecule has 162 valence electrons. The van der Waals surface area contributed by atoms with Crippen molar-refractivity contribution in [2.75, 3.05) is 0 Å². The molecule has 3 N–H and O–H groups in total. The van der Waals surface area contributed by atoms with E-state index < -0.39 is 21.4 Å². The van der Waals surface area contributed by atoms with E-state index in [0.717, 1.165) is 0 Å². The van der Waals surface area contributed by atoms with Gasteiger partial charge in [0, 0.05) is 0 Å². The second-order valence-corrected chi connectivity index (χ2v) is 18.4. The van der Waals surface area contributed by atoms with Gasteiger partial charge in [-0.05, 0) is 0 Å². The maximum absolute atomic E-state index is 6.91. The number of nitrogens with one attached hydrogen (secondary N) is 3. The van der Waals surface area contributed by atoms with Crippen molar-refractivity contribution in [2.24, 2.45) is 0 Å². The molecule has 0 radical (unpaired) electrons. The van der Waals surface area contributed by atoms with Crippen LogP contribution in [0.2, 0.25) is 0 Å². The Morgan fingerprint density at radius 2 is 0.667 bits per heavy atom. The summed E-state index contributed by atoms with van der Waals surface area (Å²) >= 11 is 20.7. The van der Waals surface area contributed by atoms with E-state index in [4.69, 9.17) is 47.3 Å². The quantitative estimate of drug-likeness (QED) is 0.302. The van der Waals surface area contributed by atoms with Gasteiger partial charge in [-0.1, -0.05) is 0 Å². The Morgan fingerprint density at radius 3 is 0.900 bits per heavy atom. The summed E-state index contributed by atoms with van der Waals surface area (Å²) in [5.41, 5.74) is 0. The molecule has 1 fully saturated rings. The van der Waals surface area contributed by atoms with Crippen LogP contribution in [0.4, 0.5) is 0 Å². The maximum atomic E-state index is 6.91. The standard InChI is InChI=1S/C18H21Cl3N3O3P3/c19-28(25-16-10-4-1-5-11-16)22-29(20,26-17-12-6-2-7-13-17)24-30(21,23-28)27-18-14-8-3-9-15-18/h1-15,22-24,28-30H. The molecule has 12 heteroatoms. The van der Waals surface area contributed by atoms with Crippen LogP contribution < -0.4 is 28.1 Å². The number of para-hydroxylation sites is 3. The zero-order valence-electron chi connectivity index (χ0n) is 15.5. The van der Waals surface area contributed by atoms with E-state index in [1.54, 1.807) is 36.4 Å². The van der Waals surface area contributed by atoms with E-state index in [9.17, 15) is 0 Å². The first-order valence-corrected chi connectivity index (χ1v) is 17.8. The number of rotatable bonds is 6. The minimum atomic E-state index is -3.44. The third-order valence-corrected chi connectivity index (χ3v) is 19.0. The molecule has 0 bridgehead atoms. The molecule has 0 atom stereocenters. The summed E-state index contributed by atoms with van der Waals surface area (Å²) < 4.78 is 18.3. The van der Waals surface area contributed by atoms with E-state index in [1.165, 1.54) is 0 Å². The van der Waals surface area contributed by atoms with E-state index in [0.29, 0.717) is 17.2 Å². The van der Waals surface area contributed by atoms with Gasteiger partial charge in [-0.3, -0.25) is 0 Å². The monoisotopic (exact) mass is 525 g/mol. The molecule has 6 nitrogen and oxygen atoms in total. The summed E-state index contributed by atoms with van der Waals surface area (Å²) in [7, 11) is -10.3. The summed E-state index contributed by atoms with van der Waals surface area (Å²) in [6.07, 6.45) is 0. The van der Waals surface area contributed by atoms with E-state index >= 15 is 0 Å². The van der Waals surface area contributed by atoms with Gasteiger partial charge in [-0.2, -0.15) is 0 Å². The third kappa shape index (κ3) is 5.87. The molecule has 4 rings (SSSR count). The topological polar surface area (TPSA) is 63.8 Å². The summed E-state index contributed by atoms with van der Waals surface area (Å²) in [5, 5.41) is 0. The van der Waals surface area contributed by atoms with E-state index in [2.05, 4.69) is 14.6 Å². The molecule has 0 amide bonds. The van der Waals surface area contributed by atoms with Gasteiger partial charge in [0.1, 0.15) is 0 Å². The van der Waals surface area contributed by atoms with E-state index in [-0.39, 0.29) is 0 Å². The van der Waals surface area contributed by atoms with Crippen LogP contribution in [-0.4, -0.2) is 0 Å². The number of hydrogen-bond donors (Lipinski definition) is 3. The Bertz CT molecular complexity index is 843. The first kappa shape index (κ1) is 22.3. The van der Waals surface area contributed by atoms with Crippen molar-refractivity contribution in [3.8, 4) is 17.2 Å². The summed E-state index contributed by atoms with van der Waals surface area (Å²) in [4.78, 5) is 9.47. The second kappa shape index (κ2) is 9.30. The van der Waals surface area contributed by atoms with Crippen LogP contribution >= 0.6 is 55.2 Å². The van der Waals surface area contributed by atoms with Crippen LogP contribution in [0.25, 0.3) is 0 Å². The van der Waals surface area contributed by atoms with Gasteiger partial charge in [-0.15, -0.1) is 0 Å². The molecule has 3 aromatic rings. The molecule has 0 spiro atoms. The van der Waals surface area contributed by atoms with Gasteiger partial charge in [0.2, 0.25) is 0 Å². The normalized spacial score (nSPS) is 22.1. The Hall–Kier alpha value is -0.900. The Labute approximate surface area is 191 Å². The van der Waals surface area contributed by atoms with Crippen LogP contribution in [0, 0.1) is 0 Å². The van der Waals surface area contributed by atoms with Crippen molar-refractivity contribution in [1.82, 2.24) is 14.6 Å². The fraction of sp³-hybridized carbons (Fsp3) is 0. The molecule has 0 aliphatic carbocycles. The van der Waals surface area contributed by atoms with Gasteiger partial charge < -0.3 is 0 Å². The molecular weight excluding hydrogens is 505 g/mol. The van der Waals surface area contributed by atoms with Gasteiger partial charge >= 0.3 is 192 Å². The first-order valence-electron chi connectivity index (χ1n) is 9.02. The Morgan fingerprint density at radius 1 is 0.433 bits per heavy atom. The first-order chi connectivity index (χ1) is 14.4. The molecule has 0 unspecified atom stereocenters. The number of benzene rings is 3. The zero-order chi connectivity index (χ0) is 21.1. The summed E-state index contributed by atoms with van der Waals surface area (Å²) in [5.74, 6) is 1.71. The van der Waals surface area contributed by atoms with Crippen molar-refractivity contribution in [2.45, 2.75) is 0 Å². The molecule has 3 aromatic carbocycles. The minimum absolute atomic E-state index is 0.571. The molecule has 1 aliphatic rings. The molecule has 30 heavy (non-hydrogen) atoms. The van der Waals surface area contributed by atoms with Crippen LogP contribution in [0.3, 0.4) is 0 Å². The van der Waals surface area contributed by atoms with E-state index in [1.807, 2.05) is 54.6 Å². The third-order valence-electron chi connectivity index (χ3n) is 3.97.